The monoisotopic (exact) mass is 461 g/mol. The van der Waals surface area contributed by atoms with Crippen LogP contribution in [-0.2, 0) is 6.54 Å². The Bertz CT molecular complexity index is 1160. The van der Waals surface area contributed by atoms with Gasteiger partial charge in [-0.1, -0.05) is 18.9 Å². The highest BCUT2D eigenvalue weighted by atomic mass is 19.3. The Morgan fingerprint density at radius 1 is 1.30 bits per heavy atom. The molecule has 1 fully saturated rings. The standard InChI is InChI=1S/C22H26F3N7O/c1-11(26)17(7-12-5-6-12)30-22-15(23)8-13(20(27)33)21(31-22)29-16-3-2-4-18-14(16)9-28-32(18)10-19(24)25/h2-4,8-9,11-12,17,19H,5-7,10,26H2,1H3,(H2,27,33)(H2,29,30,31)/t11-,17+/m0/s1. The van der Waals surface area contributed by atoms with Gasteiger partial charge in [0.25, 0.3) is 12.3 Å². The lowest BCUT2D eigenvalue weighted by atomic mass is 10.0. The van der Waals surface area contributed by atoms with Crippen molar-refractivity contribution in [1.29, 1.82) is 0 Å². The number of nitrogens with one attached hydrogen (secondary N) is 2. The summed E-state index contributed by atoms with van der Waals surface area (Å²) in [5, 5.41) is 10.6. The molecule has 11 heteroatoms. The number of aromatic nitrogens is 3. The number of carbonyl (C=O) groups is 1. The number of primary amides is 1. The van der Waals surface area contributed by atoms with Crippen molar-refractivity contribution in [3.8, 4) is 0 Å². The van der Waals surface area contributed by atoms with Gasteiger partial charge < -0.3 is 22.1 Å². The molecule has 0 unspecified atom stereocenters. The van der Waals surface area contributed by atoms with Crippen LogP contribution in [-0.4, -0.2) is 39.2 Å². The number of benzene rings is 1. The van der Waals surface area contributed by atoms with E-state index in [1.807, 2.05) is 6.92 Å². The fourth-order valence-electron chi connectivity index (χ4n) is 3.78. The summed E-state index contributed by atoms with van der Waals surface area (Å²) in [5.41, 5.74) is 12.3. The number of nitrogens with zero attached hydrogens (tertiary/aromatic N) is 3. The molecule has 0 spiro atoms. The molecule has 33 heavy (non-hydrogen) atoms. The van der Waals surface area contributed by atoms with Crippen LogP contribution in [0.2, 0.25) is 0 Å². The molecule has 0 aliphatic heterocycles. The van der Waals surface area contributed by atoms with Crippen molar-refractivity contribution in [3.05, 3.63) is 41.8 Å². The van der Waals surface area contributed by atoms with Gasteiger partial charge in [-0.25, -0.2) is 18.2 Å². The predicted molar refractivity (Wildman–Crippen MR) is 120 cm³/mol. The van der Waals surface area contributed by atoms with Gasteiger partial charge >= 0.3 is 0 Å². The van der Waals surface area contributed by atoms with E-state index in [2.05, 4.69) is 20.7 Å². The number of pyridine rings is 1. The summed E-state index contributed by atoms with van der Waals surface area (Å²) in [6.07, 6.45) is 1.91. The van der Waals surface area contributed by atoms with Crippen molar-refractivity contribution < 1.29 is 18.0 Å². The zero-order valence-corrected chi connectivity index (χ0v) is 18.1. The number of nitrogens with two attached hydrogens (primary N) is 2. The average molecular weight is 461 g/mol. The Kier molecular flexibility index (Phi) is 6.41. The van der Waals surface area contributed by atoms with E-state index in [1.54, 1.807) is 18.2 Å². The highest BCUT2D eigenvalue weighted by Gasteiger charge is 2.28. The quantitative estimate of drug-likeness (QED) is 0.366. The number of fused-ring (bicyclic) bond motifs is 1. The lowest BCUT2D eigenvalue weighted by Crippen LogP contribution is -2.39. The minimum Gasteiger partial charge on any atom is -0.365 e. The topological polar surface area (TPSA) is 124 Å². The van der Waals surface area contributed by atoms with E-state index < -0.39 is 24.7 Å². The fourth-order valence-corrected chi connectivity index (χ4v) is 3.78. The van der Waals surface area contributed by atoms with Crippen molar-refractivity contribution in [2.24, 2.45) is 17.4 Å². The van der Waals surface area contributed by atoms with E-state index in [1.165, 1.54) is 10.9 Å². The summed E-state index contributed by atoms with van der Waals surface area (Å²) in [6.45, 7) is 1.29. The average Bonchev–Trinajstić information content (AvgIpc) is 3.48. The second kappa shape index (κ2) is 9.26. The molecule has 1 aromatic carbocycles. The molecule has 1 amide bonds. The SMILES string of the molecule is C[C@H](N)[C@@H](CC1CC1)Nc1nc(Nc2cccc3c2cnn3CC(F)F)c(C(N)=O)cc1F. The molecular weight excluding hydrogens is 435 g/mol. The zero-order chi connectivity index (χ0) is 23.7. The number of alkyl halides is 2. The minimum absolute atomic E-state index is 0.0374. The lowest BCUT2D eigenvalue weighted by molar-refractivity contribution is 0.1000. The summed E-state index contributed by atoms with van der Waals surface area (Å²) in [6, 6.07) is 5.58. The summed E-state index contributed by atoms with van der Waals surface area (Å²) >= 11 is 0. The van der Waals surface area contributed by atoms with Gasteiger partial charge in [-0.2, -0.15) is 5.10 Å². The Hall–Kier alpha value is -3.34. The van der Waals surface area contributed by atoms with Gasteiger partial charge in [0.05, 0.1) is 23.0 Å². The van der Waals surface area contributed by atoms with Crippen molar-refractivity contribution in [1.82, 2.24) is 14.8 Å². The van der Waals surface area contributed by atoms with E-state index in [9.17, 15) is 18.0 Å². The molecule has 1 saturated carbocycles. The van der Waals surface area contributed by atoms with Crippen LogP contribution >= 0.6 is 0 Å². The van der Waals surface area contributed by atoms with Gasteiger partial charge in [0.2, 0.25) is 0 Å². The largest absolute Gasteiger partial charge is 0.365 e. The maximum Gasteiger partial charge on any atom is 0.257 e. The van der Waals surface area contributed by atoms with Gasteiger partial charge in [-0.05, 0) is 37.5 Å². The zero-order valence-electron chi connectivity index (χ0n) is 18.1. The number of amides is 1. The Labute approximate surface area is 188 Å². The van der Waals surface area contributed by atoms with Crippen LogP contribution in [0, 0.1) is 11.7 Å². The second-order valence-electron chi connectivity index (χ2n) is 8.45. The first-order valence-corrected chi connectivity index (χ1v) is 10.7. The molecule has 2 aromatic heterocycles. The van der Waals surface area contributed by atoms with Crippen molar-refractivity contribution >= 4 is 34.1 Å². The van der Waals surface area contributed by atoms with Gasteiger partial charge in [0, 0.05) is 17.5 Å². The van der Waals surface area contributed by atoms with Crippen LogP contribution in [0.25, 0.3) is 10.9 Å². The molecule has 2 atom stereocenters. The summed E-state index contributed by atoms with van der Waals surface area (Å²) in [5.74, 6) is -1.04. The van der Waals surface area contributed by atoms with E-state index in [4.69, 9.17) is 11.5 Å². The molecule has 8 nitrogen and oxygen atoms in total. The first-order valence-electron chi connectivity index (χ1n) is 10.7. The molecule has 0 radical (unpaired) electrons. The molecule has 1 aliphatic rings. The van der Waals surface area contributed by atoms with Gasteiger partial charge in [0.15, 0.2) is 11.6 Å². The van der Waals surface area contributed by atoms with Crippen LogP contribution in [0.1, 0.15) is 36.5 Å². The number of rotatable bonds is 10. The molecule has 1 aliphatic carbocycles. The van der Waals surface area contributed by atoms with E-state index in [0.717, 1.165) is 25.3 Å². The Morgan fingerprint density at radius 3 is 2.70 bits per heavy atom. The molecule has 0 saturated heterocycles. The van der Waals surface area contributed by atoms with Crippen LogP contribution in [0.4, 0.5) is 30.5 Å². The second-order valence-corrected chi connectivity index (χ2v) is 8.45. The lowest BCUT2D eigenvalue weighted by Gasteiger charge is -2.24. The van der Waals surface area contributed by atoms with Crippen molar-refractivity contribution in [2.45, 2.75) is 51.2 Å². The Balaban J connectivity index is 1.68. The highest BCUT2D eigenvalue weighted by molar-refractivity contribution is 6.00. The van der Waals surface area contributed by atoms with Crippen LogP contribution in [0.15, 0.2) is 30.5 Å². The van der Waals surface area contributed by atoms with E-state index in [-0.39, 0.29) is 29.3 Å². The highest BCUT2D eigenvalue weighted by Crippen LogP contribution is 2.35. The summed E-state index contributed by atoms with van der Waals surface area (Å²) in [4.78, 5) is 16.3. The van der Waals surface area contributed by atoms with E-state index >= 15 is 0 Å². The third kappa shape index (κ3) is 5.19. The van der Waals surface area contributed by atoms with Crippen molar-refractivity contribution in [2.75, 3.05) is 10.6 Å². The van der Waals surface area contributed by atoms with Gasteiger partial charge in [0.1, 0.15) is 12.4 Å². The maximum atomic E-state index is 14.8. The van der Waals surface area contributed by atoms with Crippen LogP contribution < -0.4 is 22.1 Å². The number of hydrogen-bond acceptors (Lipinski definition) is 6. The first-order chi connectivity index (χ1) is 15.7. The number of carbonyl (C=O) groups excluding carboxylic acids is 1. The smallest absolute Gasteiger partial charge is 0.257 e. The summed E-state index contributed by atoms with van der Waals surface area (Å²) in [7, 11) is 0. The molecule has 2 heterocycles. The number of hydrogen-bond donors (Lipinski definition) is 4. The number of anilines is 3. The molecule has 6 N–H and O–H groups in total. The minimum atomic E-state index is -2.56. The molecule has 0 bridgehead atoms. The van der Waals surface area contributed by atoms with Crippen LogP contribution in [0.5, 0.6) is 0 Å². The normalized spacial score (nSPS) is 15.6. The predicted octanol–water partition coefficient (Wildman–Crippen LogP) is 3.61. The first kappa shape index (κ1) is 22.8. The molecule has 176 valence electrons. The van der Waals surface area contributed by atoms with Gasteiger partial charge in [-0.15, -0.1) is 0 Å². The molecule has 4 rings (SSSR count). The Morgan fingerprint density at radius 2 is 2.06 bits per heavy atom. The third-order valence-electron chi connectivity index (χ3n) is 5.73. The van der Waals surface area contributed by atoms with Gasteiger partial charge in [-0.3, -0.25) is 9.48 Å². The third-order valence-corrected chi connectivity index (χ3v) is 5.73. The number of halogens is 3. The van der Waals surface area contributed by atoms with E-state index in [0.29, 0.717) is 22.5 Å². The maximum absolute atomic E-state index is 14.8. The molecular formula is C22H26F3N7O. The molecule has 3 aromatic rings. The summed E-state index contributed by atoms with van der Waals surface area (Å²) < 4.78 is 41.7. The fraction of sp³-hybridized carbons (Fsp3) is 0.409. The van der Waals surface area contributed by atoms with Crippen LogP contribution in [0.3, 0.4) is 0 Å². The van der Waals surface area contributed by atoms with Crippen molar-refractivity contribution in [3.63, 3.8) is 0 Å².